The topological polar surface area (TPSA) is 18.5 Å². The third-order valence-electron chi connectivity index (χ3n) is 2.33. The lowest BCUT2D eigenvalue weighted by Gasteiger charge is -2.37. The Morgan fingerprint density at radius 3 is 2.40 bits per heavy atom. The molecule has 0 amide bonds. The van der Waals surface area contributed by atoms with Crippen LogP contribution >= 0.6 is 0 Å². The van der Waals surface area contributed by atoms with E-state index < -0.39 is 8.07 Å². The van der Waals surface area contributed by atoms with Gasteiger partial charge < -0.3 is 9.31 Å². The minimum absolute atomic E-state index is 0.0634. The van der Waals surface area contributed by atoms with Crippen molar-refractivity contribution >= 4 is 15.2 Å². The summed E-state index contributed by atoms with van der Waals surface area (Å²) in [5.41, 5.74) is 2.22. The molecule has 0 aromatic carbocycles. The maximum absolute atomic E-state index is 5.85. The molecular formula is C11H23BO2Si. The Labute approximate surface area is 95.2 Å². The average Bonchev–Trinajstić information content (AvgIpc) is 1.95. The normalized spacial score (nSPS) is 27.3. The van der Waals surface area contributed by atoms with Gasteiger partial charge in [0.25, 0.3) is 0 Å². The van der Waals surface area contributed by atoms with Gasteiger partial charge in [-0.2, -0.15) is 0 Å². The summed E-state index contributed by atoms with van der Waals surface area (Å²) in [7, 11) is -1.31. The molecule has 0 saturated carbocycles. The minimum Gasteiger partial charge on any atom is -0.405 e. The second-order valence-electron chi connectivity index (χ2n) is 6.12. The van der Waals surface area contributed by atoms with E-state index in [0.29, 0.717) is 0 Å². The summed E-state index contributed by atoms with van der Waals surface area (Å²) in [6, 6.07) is 0. The van der Waals surface area contributed by atoms with Crippen molar-refractivity contribution in [2.24, 2.45) is 0 Å². The van der Waals surface area contributed by atoms with Gasteiger partial charge in [0.15, 0.2) is 0 Å². The molecule has 0 aromatic heterocycles. The van der Waals surface area contributed by atoms with Crippen molar-refractivity contribution in [1.82, 2.24) is 0 Å². The fourth-order valence-corrected chi connectivity index (χ4v) is 2.55. The fraction of sp³-hybridized carbons (Fsp3) is 0.818. The summed E-state index contributed by atoms with van der Waals surface area (Å²) < 4.78 is 11.6. The SMILES string of the molecule is CC1CC(C)(C)OB(C=C[Si](C)(C)C)O1. The predicted molar refractivity (Wildman–Crippen MR) is 68.6 cm³/mol. The maximum Gasteiger partial charge on any atom is 0.485 e. The van der Waals surface area contributed by atoms with Crippen molar-refractivity contribution < 1.29 is 9.31 Å². The first-order valence-corrected chi connectivity index (χ1v) is 9.28. The van der Waals surface area contributed by atoms with Crippen LogP contribution in [0.25, 0.3) is 0 Å². The highest BCUT2D eigenvalue weighted by Crippen LogP contribution is 2.26. The molecule has 0 spiro atoms. The molecule has 1 atom stereocenters. The number of hydrogen-bond donors (Lipinski definition) is 0. The first kappa shape index (κ1) is 13.0. The average molecular weight is 226 g/mol. The van der Waals surface area contributed by atoms with Gasteiger partial charge in [0.1, 0.15) is 0 Å². The van der Waals surface area contributed by atoms with Gasteiger partial charge in [-0.15, -0.1) is 5.70 Å². The highest BCUT2D eigenvalue weighted by atomic mass is 28.3. The van der Waals surface area contributed by atoms with Gasteiger partial charge in [-0.05, 0) is 27.2 Å². The molecule has 0 aliphatic carbocycles. The Hall–Kier alpha value is -0.0582. The van der Waals surface area contributed by atoms with Gasteiger partial charge >= 0.3 is 7.12 Å². The van der Waals surface area contributed by atoms with Crippen molar-refractivity contribution in [1.29, 1.82) is 0 Å². The van der Waals surface area contributed by atoms with Crippen molar-refractivity contribution in [2.75, 3.05) is 0 Å². The van der Waals surface area contributed by atoms with Crippen LogP contribution in [0.1, 0.15) is 27.2 Å². The first-order valence-electron chi connectivity index (χ1n) is 5.71. The van der Waals surface area contributed by atoms with E-state index in [1.54, 1.807) is 0 Å². The van der Waals surface area contributed by atoms with Crippen molar-refractivity contribution in [3.8, 4) is 0 Å². The summed E-state index contributed by atoms with van der Waals surface area (Å²) in [4.78, 5) is 0. The van der Waals surface area contributed by atoms with Gasteiger partial charge in [0.05, 0.1) is 13.7 Å². The lowest BCUT2D eigenvalue weighted by Crippen LogP contribution is -2.45. The second kappa shape index (κ2) is 4.44. The molecule has 0 radical (unpaired) electrons. The molecule has 1 saturated heterocycles. The zero-order chi connectivity index (χ0) is 11.7. The van der Waals surface area contributed by atoms with Crippen LogP contribution in [-0.2, 0) is 9.31 Å². The van der Waals surface area contributed by atoms with E-state index in [9.17, 15) is 0 Å². The lowest BCUT2D eigenvalue weighted by molar-refractivity contribution is -0.0236. The molecule has 0 aromatic rings. The minimum atomic E-state index is -1.15. The molecule has 0 bridgehead atoms. The standard InChI is InChI=1S/C11H23BO2Si/c1-10-9-11(2,3)14-12(13-10)7-8-15(4,5)6/h7-8,10H,9H2,1-6H3. The third-order valence-corrected chi connectivity index (χ3v) is 3.53. The molecule has 1 fully saturated rings. The molecule has 4 heteroatoms. The summed E-state index contributed by atoms with van der Waals surface area (Å²) in [5, 5.41) is 0. The van der Waals surface area contributed by atoms with E-state index in [0.717, 1.165) is 6.42 Å². The quantitative estimate of drug-likeness (QED) is 0.674. The molecule has 2 nitrogen and oxygen atoms in total. The molecule has 86 valence electrons. The van der Waals surface area contributed by atoms with Crippen LogP contribution < -0.4 is 0 Å². The van der Waals surface area contributed by atoms with E-state index in [-0.39, 0.29) is 18.8 Å². The maximum atomic E-state index is 5.85. The molecule has 1 rings (SSSR count). The Bertz CT molecular complexity index is 245. The smallest absolute Gasteiger partial charge is 0.405 e. The van der Waals surface area contributed by atoms with Crippen molar-refractivity contribution in [2.45, 2.75) is 58.5 Å². The van der Waals surface area contributed by atoms with Crippen LogP contribution in [0.5, 0.6) is 0 Å². The zero-order valence-corrected chi connectivity index (χ0v) is 11.8. The first-order chi connectivity index (χ1) is 6.68. The summed E-state index contributed by atoms with van der Waals surface area (Å²) in [6.07, 6.45) is 1.25. The van der Waals surface area contributed by atoms with Crippen LogP contribution in [0.15, 0.2) is 11.7 Å². The monoisotopic (exact) mass is 226 g/mol. The number of rotatable bonds is 2. The van der Waals surface area contributed by atoms with Gasteiger partial charge in [0.2, 0.25) is 0 Å². The lowest BCUT2D eigenvalue weighted by atomic mass is 9.83. The summed E-state index contributed by atoms with van der Waals surface area (Å²) in [6.45, 7) is 13.3. The van der Waals surface area contributed by atoms with Crippen LogP contribution in [0, 0.1) is 0 Å². The van der Waals surface area contributed by atoms with Crippen LogP contribution in [-0.4, -0.2) is 26.9 Å². The zero-order valence-electron chi connectivity index (χ0n) is 10.8. The highest BCUT2D eigenvalue weighted by molar-refractivity contribution is 6.81. The highest BCUT2D eigenvalue weighted by Gasteiger charge is 2.35. The van der Waals surface area contributed by atoms with E-state index in [1.807, 2.05) is 0 Å². The molecule has 1 unspecified atom stereocenters. The van der Waals surface area contributed by atoms with Crippen LogP contribution in [0.4, 0.5) is 0 Å². The van der Waals surface area contributed by atoms with Gasteiger partial charge in [0, 0.05) is 6.10 Å². The van der Waals surface area contributed by atoms with Crippen LogP contribution in [0.3, 0.4) is 0 Å². The van der Waals surface area contributed by atoms with E-state index in [4.69, 9.17) is 9.31 Å². The van der Waals surface area contributed by atoms with E-state index in [1.165, 1.54) is 0 Å². The Kier molecular flexibility index (Phi) is 3.85. The molecular weight excluding hydrogens is 203 g/mol. The third kappa shape index (κ3) is 5.00. The molecule has 0 N–H and O–H groups in total. The summed E-state index contributed by atoms with van der Waals surface area (Å²) in [5.74, 6) is 2.09. The largest absolute Gasteiger partial charge is 0.485 e. The molecule has 1 aliphatic heterocycles. The van der Waals surface area contributed by atoms with Crippen molar-refractivity contribution in [3.05, 3.63) is 11.7 Å². The Morgan fingerprint density at radius 2 is 1.93 bits per heavy atom. The molecule has 1 aliphatic rings. The van der Waals surface area contributed by atoms with E-state index >= 15 is 0 Å². The van der Waals surface area contributed by atoms with Crippen LogP contribution in [0.2, 0.25) is 19.6 Å². The van der Waals surface area contributed by atoms with E-state index in [2.05, 4.69) is 52.1 Å². The second-order valence-corrected chi connectivity index (χ2v) is 11.2. The Balaban J connectivity index is 2.60. The summed E-state index contributed by atoms with van der Waals surface area (Å²) >= 11 is 0. The fourth-order valence-electron chi connectivity index (χ4n) is 1.81. The molecule has 15 heavy (non-hydrogen) atoms. The molecule has 1 heterocycles. The number of hydrogen-bond acceptors (Lipinski definition) is 2. The van der Waals surface area contributed by atoms with Gasteiger partial charge in [-0.1, -0.05) is 25.6 Å². The van der Waals surface area contributed by atoms with Crippen molar-refractivity contribution in [3.63, 3.8) is 0 Å². The predicted octanol–water partition coefficient (Wildman–Crippen LogP) is 3.05. The Morgan fingerprint density at radius 1 is 1.33 bits per heavy atom. The van der Waals surface area contributed by atoms with Gasteiger partial charge in [-0.3, -0.25) is 0 Å². The van der Waals surface area contributed by atoms with Gasteiger partial charge in [-0.25, -0.2) is 0 Å².